The quantitative estimate of drug-likeness (QED) is 0.658. The Labute approximate surface area is 90.7 Å². The van der Waals surface area contributed by atoms with Crippen LogP contribution < -0.4 is 0 Å². The van der Waals surface area contributed by atoms with Crippen molar-refractivity contribution in [1.29, 1.82) is 0 Å². The third-order valence-corrected chi connectivity index (χ3v) is 2.92. The lowest BCUT2D eigenvalue weighted by molar-refractivity contribution is -0.117. The monoisotopic (exact) mass is 204 g/mol. The molecule has 0 saturated carbocycles. The molecule has 15 heavy (non-hydrogen) atoms. The van der Waals surface area contributed by atoms with Crippen LogP contribution in [-0.2, 0) is 9.59 Å². The molecule has 2 heteroatoms. The van der Waals surface area contributed by atoms with Crippen molar-refractivity contribution < 1.29 is 9.59 Å². The Kier molecular flexibility index (Phi) is 3.85. The van der Waals surface area contributed by atoms with Crippen LogP contribution in [0, 0.1) is 17.8 Å². The second kappa shape index (κ2) is 4.93. The largest absolute Gasteiger partial charge is 0.300 e. The minimum absolute atomic E-state index is 0.117. The smallest absolute Gasteiger partial charge is 0.155 e. The molecular weight excluding hydrogens is 188 g/mol. The van der Waals surface area contributed by atoms with E-state index in [1.807, 2.05) is 6.08 Å². The normalized spacial score (nSPS) is 24.9. The summed E-state index contributed by atoms with van der Waals surface area (Å²) in [6.45, 7) is 1.58. The van der Waals surface area contributed by atoms with Gasteiger partial charge in [0, 0.05) is 24.7 Å². The maximum Gasteiger partial charge on any atom is 0.155 e. The van der Waals surface area contributed by atoms with E-state index in [-0.39, 0.29) is 17.0 Å². The highest BCUT2D eigenvalue weighted by Gasteiger charge is 2.29. The molecular formula is C13H16O2. The molecule has 0 aromatic heterocycles. The second-order valence-electron chi connectivity index (χ2n) is 4.24. The predicted molar refractivity (Wildman–Crippen MR) is 59.2 cm³/mol. The molecule has 1 aliphatic carbocycles. The number of terminal acetylenes is 1. The average molecular weight is 204 g/mol. The molecule has 0 aliphatic heterocycles. The summed E-state index contributed by atoms with van der Waals surface area (Å²) in [7, 11) is 0. The summed E-state index contributed by atoms with van der Waals surface area (Å²) < 4.78 is 0. The van der Waals surface area contributed by atoms with Crippen molar-refractivity contribution in [2.75, 3.05) is 0 Å². The van der Waals surface area contributed by atoms with Crippen LogP contribution in [0.2, 0.25) is 0 Å². The first-order chi connectivity index (χ1) is 7.08. The van der Waals surface area contributed by atoms with E-state index in [0.717, 1.165) is 12.8 Å². The van der Waals surface area contributed by atoms with E-state index < -0.39 is 0 Å². The van der Waals surface area contributed by atoms with Crippen LogP contribution in [0.1, 0.15) is 39.0 Å². The van der Waals surface area contributed by atoms with Crippen molar-refractivity contribution in [3.8, 4) is 12.3 Å². The predicted octanol–water partition coefficient (Wildman–Crippen LogP) is 2.28. The van der Waals surface area contributed by atoms with Gasteiger partial charge in [-0.15, -0.1) is 12.3 Å². The van der Waals surface area contributed by atoms with Gasteiger partial charge in [-0.2, -0.15) is 0 Å². The van der Waals surface area contributed by atoms with Crippen molar-refractivity contribution in [2.24, 2.45) is 5.41 Å². The Morgan fingerprint density at radius 3 is 2.87 bits per heavy atom. The van der Waals surface area contributed by atoms with Crippen molar-refractivity contribution in [3.05, 3.63) is 12.2 Å². The lowest BCUT2D eigenvalue weighted by atomic mass is 9.73. The zero-order chi connectivity index (χ0) is 11.3. The van der Waals surface area contributed by atoms with Gasteiger partial charge in [-0.3, -0.25) is 4.79 Å². The second-order valence-corrected chi connectivity index (χ2v) is 4.24. The standard InChI is InChI=1S/C13H16O2/c1-3-7-13(8-4-11(2)14)9-5-12(15)6-10-13/h1,5,9H,4,6-8,10H2,2H3. The van der Waals surface area contributed by atoms with Crippen molar-refractivity contribution >= 4 is 11.6 Å². The molecule has 2 nitrogen and oxygen atoms in total. The topological polar surface area (TPSA) is 34.1 Å². The van der Waals surface area contributed by atoms with Crippen LogP contribution in [0.5, 0.6) is 0 Å². The van der Waals surface area contributed by atoms with Crippen molar-refractivity contribution in [1.82, 2.24) is 0 Å². The molecule has 1 aliphatic rings. The fourth-order valence-electron chi connectivity index (χ4n) is 1.88. The van der Waals surface area contributed by atoms with E-state index in [1.54, 1.807) is 13.0 Å². The number of allylic oxidation sites excluding steroid dienone is 2. The minimum Gasteiger partial charge on any atom is -0.300 e. The van der Waals surface area contributed by atoms with Crippen LogP contribution in [0.25, 0.3) is 0 Å². The zero-order valence-corrected chi connectivity index (χ0v) is 9.08. The first kappa shape index (κ1) is 11.7. The third kappa shape index (κ3) is 3.36. The average Bonchev–Trinajstić information content (AvgIpc) is 2.20. The minimum atomic E-state index is -0.117. The molecule has 0 bridgehead atoms. The van der Waals surface area contributed by atoms with Crippen molar-refractivity contribution in [3.63, 3.8) is 0 Å². The number of hydrogen-bond donors (Lipinski definition) is 0. The molecule has 0 aromatic carbocycles. The Bertz CT molecular complexity index is 333. The van der Waals surface area contributed by atoms with E-state index in [0.29, 0.717) is 19.3 Å². The first-order valence-corrected chi connectivity index (χ1v) is 5.23. The van der Waals surface area contributed by atoms with E-state index in [1.165, 1.54) is 0 Å². The molecule has 0 aromatic rings. The van der Waals surface area contributed by atoms with Crippen LogP contribution in [-0.4, -0.2) is 11.6 Å². The molecule has 1 unspecified atom stereocenters. The van der Waals surface area contributed by atoms with Gasteiger partial charge in [0.25, 0.3) is 0 Å². The number of hydrogen-bond acceptors (Lipinski definition) is 2. The number of Topliss-reactive ketones (excluding diaryl/α,β-unsaturated/α-hetero) is 1. The van der Waals surface area contributed by atoms with Crippen LogP contribution in [0.3, 0.4) is 0 Å². The van der Waals surface area contributed by atoms with E-state index >= 15 is 0 Å². The Morgan fingerprint density at radius 1 is 1.67 bits per heavy atom. The molecule has 80 valence electrons. The Morgan fingerprint density at radius 2 is 2.40 bits per heavy atom. The number of ketones is 2. The van der Waals surface area contributed by atoms with Crippen LogP contribution >= 0.6 is 0 Å². The summed E-state index contributed by atoms with van der Waals surface area (Å²) in [5.74, 6) is 2.98. The molecule has 0 amide bonds. The summed E-state index contributed by atoms with van der Waals surface area (Å²) in [4.78, 5) is 22.0. The molecule has 0 fully saturated rings. The molecule has 1 atom stereocenters. The molecule has 0 radical (unpaired) electrons. The summed E-state index contributed by atoms with van der Waals surface area (Å²) in [6, 6.07) is 0. The van der Waals surface area contributed by atoms with Crippen LogP contribution in [0.4, 0.5) is 0 Å². The van der Waals surface area contributed by atoms with Gasteiger partial charge >= 0.3 is 0 Å². The van der Waals surface area contributed by atoms with Crippen LogP contribution in [0.15, 0.2) is 12.2 Å². The maximum absolute atomic E-state index is 11.1. The lowest BCUT2D eigenvalue weighted by Gasteiger charge is -2.30. The Balaban J connectivity index is 2.71. The highest BCUT2D eigenvalue weighted by molar-refractivity contribution is 5.90. The highest BCUT2D eigenvalue weighted by Crippen LogP contribution is 2.37. The van der Waals surface area contributed by atoms with E-state index in [4.69, 9.17) is 6.42 Å². The SMILES string of the molecule is C#CCC1(CCC(C)=O)C=CC(=O)CC1. The highest BCUT2D eigenvalue weighted by atomic mass is 16.1. The fourth-order valence-corrected chi connectivity index (χ4v) is 1.88. The van der Waals surface area contributed by atoms with Crippen molar-refractivity contribution in [2.45, 2.75) is 39.0 Å². The van der Waals surface area contributed by atoms with Gasteiger partial charge in [0.15, 0.2) is 5.78 Å². The van der Waals surface area contributed by atoms with Gasteiger partial charge in [-0.05, 0) is 25.8 Å². The summed E-state index contributed by atoms with van der Waals surface area (Å²) in [5, 5.41) is 0. The van der Waals surface area contributed by atoms with Gasteiger partial charge < -0.3 is 4.79 Å². The summed E-state index contributed by atoms with van der Waals surface area (Å²) in [5.41, 5.74) is -0.117. The fraction of sp³-hybridized carbons (Fsp3) is 0.538. The van der Waals surface area contributed by atoms with Gasteiger partial charge in [0.05, 0.1) is 0 Å². The maximum atomic E-state index is 11.1. The molecule has 0 saturated heterocycles. The van der Waals surface area contributed by atoms with Gasteiger partial charge in [0.2, 0.25) is 0 Å². The number of carbonyl (C=O) groups is 2. The molecule has 0 N–H and O–H groups in total. The molecule has 1 rings (SSSR count). The van der Waals surface area contributed by atoms with E-state index in [9.17, 15) is 9.59 Å². The van der Waals surface area contributed by atoms with Gasteiger partial charge in [-0.25, -0.2) is 0 Å². The lowest BCUT2D eigenvalue weighted by Crippen LogP contribution is -2.23. The summed E-state index contributed by atoms with van der Waals surface area (Å²) in [6.07, 6.45) is 12.1. The molecule has 0 spiro atoms. The van der Waals surface area contributed by atoms with Gasteiger partial charge in [-0.1, -0.05) is 6.08 Å². The molecule has 0 heterocycles. The summed E-state index contributed by atoms with van der Waals surface area (Å²) >= 11 is 0. The Hall–Kier alpha value is -1.36. The number of rotatable bonds is 4. The first-order valence-electron chi connectivity index (χ1n) is 5.23. The zero-order valence-electron chi connectivity index (χ0n) is 9.08. The third-order valence-electron chi connectivity index (χ3n) is 2.92. The van der Waals surface area contributed by atoms with E-state index in [2.05, 4.69) is 5.92 Å². The van der Waals surface area contributed by atoms with Gasteiger partial charge in [0.1, 0.15) is 5.78 Å². The number of carbonyl (C=O) groups excluding carboxylic acids is 2.